The maximum atomic E-state index is 13.0. The number of fused-ring (bicyclic) bond motifs is 2. The smallest absolute Gasteiger partial charge is 0.232 e. The molecule has 2 fully saturated rings. The molecule has 170 valence electrons. The van der Waals surface area contributed by atoms with Gasteiger partial charge < -0.3 is 10.2 Å². The molecule has 2 aromatic carbocycles. The minimum atomic E-state index is -3.32. The van der Waals surface area contributed by atoms with E-state index >= 15 is 0 Å². The van der Waals surface area contributed by atoms with Crippen LogP contribution in [0.4, 0.5) is 11.4 Å². The largest absolute Gasteiger partial charge is 0.369 e. The van der Waals surface area contributed by atoms with E-state index in [1.54, 1.807) is 4.31 Å². The second-order valence-electron chi connectivity index (χ2n) is 9.62. The van der Waals surface area contributed by atoms with Gasteiger partial charge in [0, 0.05) is 42.7 Å². The van der Waals surface area contributed by atoms with Gasteiger partial charge in [-0.25, -0.2) is 8.42 Å². The van der Waals surface area contributed by atoms with Crippen LogP contribution in [0, 0.1) is 5.92 Å². The van der Waals surface area contributed by atoms with Crippen LogP contribution < -0.4 is 14.5 Å². The molecule has 1 N–H and O–H groups in total. The average molecular weight is 454 g/mol. The predicted octanol–water partition coefficient (Wildman–Crippen LogP) is 3.29. The Hall–Kier alpha value is -2.54. The predicted molar refractivity (Wildman–Crippen MR) is 127 cm³/mol. The zero-order valence-corrected chi connectivity index (χ0v) is 19.4. The summed E-state index contributed by atoms with van der Waals surface area (Å²) < 4.78 is 26.3. The molecule has 1 aliphatic carbocycles. The number of carbonyl (C=O) groups excluding carboxylic acids is 1. The Morgan fingerprint density at radius 1 is 1.00 bits per heavy atom. The third-order valence-electron chi connectivity index (χ3n) is 7.56. The quantitative estimate of drug-likeness (QED) is 0.771. The summed E-state index contributed by atoms with van der Waals surface area (Å²) in [5.74, 6) is 0.164. The van der Waals surface area contributed by atoms with Crippen LogP contribution >= 0.6 is 0 Å². The normalized spacial score (nSPS) is 27.5. The highest BCUT2D eigenvalue weighted by atomic mass is 32.2. The van der Waals surface area contributed by atoms with E-state index in [2.05, 4.69) is 28.4 Å². The van der Waals surface area contributed by atoms with Crippen LogP contribution in [0.25, 0.3) is 0 Å². The minimum Gasteiger partial charge on any atom is -0.369 e. The molecule has 32 heavy (non-hydrogen) atoms. The average Bonchev–Trinajstić information content (AvgIpc) is 3.38. The number of para-hydroxylation sites is 2. The number of sulfonamides is 1. The number of nitrogens with zero attached hydrogens (tertiary/aromatic N) is 2. The number of nitrogens with one attached hydrogen (secondary N) is 1. The van der Waals surface area contributed by atoms with Crippen molar-refractivity contribution in [3.05, 3.63) is 60.2 Å². The van der Waals surface area contributed by atoms with Crippen molar-refractivity contribution in [2.75, 3.05) is 35.1 Å². The molecular formula is C25H31N3O3S. The SMILES string of the molecule is CS(=O)(=O)N1C[C@]2(CC[C@@H](C(=O)N[C@H]3CCN(c4ccccc4)C3)CC2)c2ccccc21. The number of rotatable bonds is 4. The third kappa shape index (κ3) is 3.87. The van der Waals surface area contributed by atoms with Gasteiger partial charge in [-0.05, 0) is 55.9 Å². The molecule has 3 aliphatic rings. The second kappa shape index (κ2) is 8.10. The first kappa shape index (κ1) is 21.3. The lowest BCUT2D eigenvalue weighted by molar-refractivity contribution is -0.126. The van der Waals surface area contributed by atoms with E-state index in [4.69, 9.17) is 0 Å². The number of benzene rings is 2. The molecule has 6 nitrogen and oxygen atoms in total. The topological polar surface area (TPSA) is 69.7 Å². The second-order valence-corrected chi connectivity index (χ2v) is 11.5. The van der Waals surface area contributed by atoms with Crippen LogP contribution in [-0.2, 0) is 20.2 Å². The molecule has 2 aliphatic heterocycles. The van der Waals surface area contributed by atoms with Crippen LogP contribution in [-0.4, -0.2) is 46.3 Å². The van der Waals surface area contributed by atoms with E-state index in [1.807, 2.05) is 36.4 Å². The first-order valence-electron chi connectivity index (χ1n) is 11.5. The molecule has 0 aromatic heterocycles. The van der Waals surface area contributed by atoms with Gasteiger partial charge in [0.2, 0.25) is 15.9 Å². The zero-order chi connectivity index (χ0) is 22.3. The lowest BCUT2D eigenvalue weighted by atomic mass is 9.67. The highest BCUT2D eigenvalue weighted by Crippen LogP contribution is 2.50. The van der Waals surface area contributed by atoms with Gasteiger partial charge in [-0.3, -0.25) is 9.10 Å². The fourth-order valence-electron chi connectivity index (χ4n) is 5.81. The lowest BCUT2D eigenvalue weighted by Crippen LogP contribution is -2.44. The van der Waals surface area contributed by atoms with Crippen LogP contribution in [0.15, 0.2) is 54.6 Å². The Morgan fingerprint density at radius 2 is 1.69 bits per heavy atom. The molecule has 0 bridgehead atoms. The van der Waals surface area contributed by atoms with Gasteiger partial charge in [0.25, 0.3) is 0 Å². The number of hydrogen-bond acceptors (Lipinski definition) is 4. The Labute approximate surface area is 190 Å². The number of amides is 1. The fourth-order valence-corrected chi connectivity index (χ4v) is 6.81. The van der Waals surface area contributed by atoms with Gasteiger partial charge in [0.05, 0.1) is 11.9 Å². The highest BCUT2D eigenvalue weighted by Gasteiger charge is 2.48. The van der Waals surface area contributed by atoms with E-state index < -0.39 is 10.0 Å². The van der Waals surface area contributed by atoms with Crippen molar-refractivity contribution < 1.29 is 13.2 Å². The maximum absolute atomic E-state index is 13.0. The first-order chi connectivity index (χ1) is 15.4. The number of anilines is 2. The van der Waals surface area contributed by atoms with Gasteiger partial charge in [-0.2, -0.15) is 0 Å². The van der Waals surface area contributed by atoms with Gasteiger partial charge in [0.1, 0.15) is 0 Å². The summed E-state index contributed by atoms with van der Waals surface area (Å²) in [5.41, 5.74) is 2.97. The number of carbonyl (C=O) groups is 1. The summed E-state index contributed by atoms with van der Waals surface area (Å²) in [6.07, 6.45) is 5.53. The summed E-state index contributed by atoms with van der Waals surface area (Å²) >= 11 is 0. The van der Waals surface area contributed by atoms with Crippen molar-refractivity contribution in [2.24, 2.45) is 5.92 Å². The Kier molecular flexibility index (Phi) is 5.40. The molecule has 1 atom stereocenters. The first-order valence-corrected chi connectivity index (χ1v) is 13.4. The van der Waals surface area contributed by atoms with Crippen LogP contribution in [0.1, 0.15) is 37.7 Å². The lowest BCUT2D eigenvalue weighted by Gasteiger charge is -2.37. The molecular weight excluding hydrogens is 422 g/mol. The summed E-state index contributed by atoms with van der Waals surface area (Å²) in [5, 5.41) is 3.29. The zero-order valence-electron chi connectivity index (χ0n) is 18.5. The van der Waals surface area contributed by atoms with Crippen LogP contribution in [0.3, 0.4) is 0 Å². The van der Waals surface area contributed by atoms with Crippen molar-refractivity contribution in [3.8, 4) is 0 Å². The van der Waals surface area contributed by atoms with Gasteiger partial charge >= 0.3 is 0 Å². The summed E-state index contributed by atoms with van der Waals surface area (Å²) in [6, 6.07) is 18.4. The molecule has 5 rings (SSSR count). The molecule has 0 unspecified atom stereocenters. The molecule has 1 saturated heterocycles. The Balaban J connectivity index is 1.21. The van der Waals surface area contributed by atoms with E-state index in [0.29, 0.717) is 6.54 Å². The minimum absolute atomic E-state index is 0.00541. The van der Waals surface area contributed by atoms with Gasteiger partial charge in [-0.1, -0.05) is 36.4 Å². The van der Waals surface area contributed by atoms with Crippen molar-refractivity contribution >= 4 is 27.3 Å². The molecule has 1 saturated carbocycles. The molecule has 7 heteroatoms. The highest BCUT2D eigenvalue weighted by molar-refractivity contribution is 7.92. The molecule has 0 radical (unpaired) electrons. The van der Waals surface area contributed by atoms with Crippen molar-refractivity contribution in [3.63, 3.8) is 0 Å². The third-order valence-corrected chi connectivity index (χ3v) is 8.69. The van der Waals surface area contributed by atoms with Gasteiger partial charge in [-0.15, -0.1) is 0 Å². The molecule has 2 aromatic rings. The van der Waals surface area contributed by atoms with Crippen molar-refractivity contribution in [1.82, 2.24) is 5.32 Å². The molecule has 1 spiro atoms. The van der Waals surface area contributed by atoms with E-state index in [-0.39, 0.29) is 23.3 Å². The standard InChI is InChI=1S/C25H31N3O3S/c1-32(30,31)28-18-25(22-9-5-6-10-23(22)28)14-11-19(12-15-25)24(29)26-20-13-16-27(17-20)21-7-3-2-4-8-21/h2-10,19-20H,11-18H2,1H3,(H,26,29)/t19-,20-,25-/m0/s1. The maximum Gasteiger partial charge on any atom is 0.232 e. The van der Waals surface area contributed by atoms with Crippen LogP contribution in [0.2, 0.25) is 0 Å². The summed E-state index contributed by atoms with van der Waals surface area (Å²) in [4.78, 5) is 15.4. The van der Waals surface area contributed by atoms with E-state index in [0.717, 1.165) is 56.4 Å². The molecule has 1 amide bonds. The monoisotopic (exact) mass is 453 g/mol. The Bertz CT molecular complexity index is 1090. The van der Waals surface area contributed by atoms with Crippen LogP contribution in [0.5, 0.6) is 0 Å². The van der Waals surface area contributed by atoms with Crippen molar-refractivity contribution in [1.29, 1.82) is 0 Å². The van der Waals surface area contributed by atoms with E-state index in [1.165, 1.54) is 11.9 Å². The number of hydrogen-bond donors (Lipinski definition) is 1. The van der Waals surface area contributed by atoms with Gasteiger partial charge in [0.15, 0.2) is 0 Å². The van der Waals surface area contributed by atoms with Crippen molar-refractivity contribution in [2.45, 2.75) is 43.6 Å². The van der Waals surface area contributed by atoms with E-state index in [9.17, 15) is 13.2 Å². The summed E-state index contributed by atoms with van der Waals surface area (Å²) in [7, 11) is -3.32. The summed E-state index contributed by atoms with van der Waals surface area (Å²) in [6.45, 7) is 2.30. The Morgan fingerprint density at radius 3 is 2.41 bits per heavy atom. The molecule has 2 heterocycles. The fraction of sp³-hybridized carbons (Fsp3) is 0.480.